The molecule has 1 N–H and O–H groups in total. The lowest BCUT2D eigenvalue weighted by Crippen LogP contribution is -2.37. The van der Waals surface area contributed by atoms with Gasteiger partial charge in [-0.1, -0.05) is 31.4 Å². The minimum atomic E-state index is -4.50. The lowest BCUT2D eigenvalue weighted by Gasteiger charge is -2.23. The number of alkyl halides is 3. The maximum atomic E-state index is 12.8. The van der Waals surface area contributed by atoms with E-state index in [1.165, 1.54) is 18.2 Å². The predicted octanol–water partition coefficient (Wildman–Crippen LogP) is 5.79. The molecule has 31 heavy (non-hydrogen) atoms. The van der Waals surface area contributed by atoms with E-state index < -0.39 is 17.6 Å². The fraction of sp³-hybridized carbons (Fsp3) is 0.652. The molecule has 1 heterocycles. The number of nitrogens with zero attached hydrogens (tertiary/aromatic N) is 1. The lowest BCUT2D eigenvalue weighted by atomic mass is 9.95. The zero-order valence-electron chi connectivity index (χ0n) is 18.6. The van der Waals surface area contributed by atoms with Crippen LogP contribution in [0.5, 0.6) is 0 Å². The van der Waals surface area contributed by atoms with Crippen molar-refractivity contribution >= 4 is 12.0 Å². The highest BCUT2D eigenvalue weighted by atomic mass is 19.4. The molecular weight excluding hydrogens is 409 g/mol. The van der Waals surface area contributed by atoms with E-state index in [-0.39, 0.29) is 23.3 Å². The van der Waals surface area contributed by atoms with Gasteiger partial charge in [-0.3, -0.25) is 4.79 Å². The molecule has 0 bridgehead atoms. The van der Waals surface area contributed by atoms with Gasteiger partial charge in [0.15, 0.2) is 0 Å². The smallest absolute Gasteiger partial charge is 0.417 e. The minimum Gasteiger partial charge on any atom is -0.444 e. The van der Waals surface area contributed by atoms with Crippen LogP contribution in [-0.4, -0.2) is 41.6 Å². The number of hydrogen-bond donors (Lipinski definition) is 1. The number of hydrogen-bond acceptors (Lipinski definition) is 3. The van der Waals surface area contributed by atoms with E-state index in [1.807, 2.05) is 20.8 Å². The van der Waals surface area contributed by atoms with Gasteiger partial charge >= 0.3 is 12.3 Å². The van der Waals surface area contributed by atoms with E-state index in [1.54, 1.807) is 4.90 Å². The van der Waals surface area contributed by atoms with Crippen LogP contribution in [0.1, 0.15) is 81.6 Å². The molecule has 174 valence electrons. The van der Waals surface area contributed by atoms with Crippen molar-refractivity contribution in [2.75, 3.05) is 13.1 Å². The van der Waals surface area contributed by atoms with Crippen LogP contribution in [0.3, 0.4) is 0 Å². The fourth-order valence-electron chi connectivity index (χ4n) is 3.66. The molecule has 1 saturated heterocycles. The number of amides is 2. The van der Waals surface area contributed by atoms with Gasteiger partial charge in [0.25, 0.3) is 5.91 Å². The first-order valence-electron chi connectivity index (χ1n) is 10.9. The van der Waals surface area contributed by atoms with Crippen molar-refractivity contribution in [3.63, 3.8) is 0 Å². The largest absolute Gasteiger partial charge is 0.444 e. The van der Waals surface area contributed by atoms with E-state index in [0.29, 0.717) is 0 Å². The molecule has 1 aromatic rings. The van der Waals surface area contributed by atoms with Crippen molar-refractivity contribution in [3.05, 3.63) is 35.4 Å². The van der Waals surface area contributed by atoms with Gasteiger partial charge in [0.1, 0.15) is 5.60 Å². The lowest BCUT2D eigenvalue weighted by molar-refractivity contribution is -0.137. The van der Waals surface area contributed by atoms with Crippen LogP contribution >= 0.6 is 0 Å². The number of ether oxygens (including phenoxy) is 1. The molecule has 0 atom stereocenters. The second kappa shape index (κ2) is 10.9. The molecule has 1 aliphatic carbocycles. The highest BCUT2D eigenvalue weighted by molar-refractivity contribution is 5.96. The van der Waals surface area contributed by atoms with E-state index in [0.717, 1.165) is 64.1 Å². The standard InChI is InChI=1S/C14H16F3NO.C9H17NO2/c15-14(16,17)12-9-5-4-8-11(12)13(19)18-10-6-2-1-3-7-10;1-9(2,3)12-8(11)10-6-4-5-7-10/h4-5,8-10H,1-3,6-7H2,(H,18,19);4-7H2,1-3H3. The molecule has 5 nitrogen and oxygen atoms in total. The number of rotatable bonds is 2. The van der Waals surface area contributed by atoms with Crippen molar-refractivity contribution < 1.29 is 27.5 Å². The Balaban J connectivity index is 0.000000245. The maximum Gasteiger partial charge on any atom is 0.417 e. The average Bonchev–Trinajstić information content (AvgIpc) is 3.22. The molecule has 0 spiro atoms. The Bertz CT molecular complexity index is 732. The molecule has 1 aliphatic heterocycles. The second-order valence-electron chi connectivity index (χ2n) is 9.03. The summed E-state index contributed by atoms with van der Waals surface area (Å²) < 4.78 is 43.6. The summed E-state index contributed by atoms with van der Waals surface area (Å²) in [6.07, 6.45) is 2.42. The third-order valence-corrected chi connectivity index (χ3v) is 5.18. The number of benzene rings is 1. The summed E-state index contributed by atoms with van der Waals surface area (Å²) in [6.45, 7) is 7.38. The van der Waals surface area contributed by atoms with Crippen molar-refractivity contribution in [2.24, 2.45) is 0 Å². The van der Waals surface area contributed by atoms with Gasteiger partial charge in [-0.15, -0.1) is 0 Å². The van der Waals surface area contributed by atoms with E-state index in [9.17, 15) is 22.8 Å². The Morgan fingerprint density at radius 1 is 0.968 bits per heavy atom. The van der Waals surface area contributed by atoms with E-state index in [4.69, 9.17) is 4.74 Å². The van der Waals surface area contributed by atoms with Gasteiger partial charge in [0.2, 0.25) is 0 Å². The fourth-order valence-corrected chi connectivity index (χ4v) is 3.66. The van der Waals surface area contributed by atoms with Crippen LogP contribution in [0.25, 0.3) is 0 Å². The predicted molar refractivity (Wildman–Crippen MR) is 113 cm³/mol. The van der Waals surface area contributed by atoms with Gasteiger partial charge in [-0.2, -0.15) is 13.2 Å². The summed E-state index contributed by atoms with van der Waals surface area (Å²) in [5.41, 5.74) is -1.52. The molecule has 0 radical (unpaired) electrons. The van der Waals surface area contributed by atoms with Gasteiger partial charge in [0, 0.05) is 19.1 Å². The first kappa shape index (κ1) is 25.0. The van der Waals surface area contributed by atoms with Crippen molar-refractivity contribution in [1.82, 2.24) is 10.2 Å². The number of halogens is 3. The topological polar surface area (TPSA) is 58.6 Å². The van der Waals surface area contributed by atoms with Crippen molar-refractivity contribution in [3.8, 4) is 0 Å². The summed E-state index contributed by atoms with van der Waals surface area (Å²) in [5.74, 6) is -0.625. The second-order valence-corrected chi connectivity index (χ2v) is 9.03. The van der Waals surface area contributed by atoms with Crippen molar-refractivity contribution in [2.45, 2.75) is 83.5 Å². The molecule has 1 aromatic carbocycles. The number of carbonyl (C=O) groups excluding carboxylic acids is 2. The summed E-state index contributed by atoms with van der Waals surface area (Å²) in [4.78, 5) is 25.1. The zero-order chi connectivity index (χ0) is 23.1. The van der Waals surface area contributed by atoms with E-state index >= 15 is 0 Å². The van der Waals surface area contributed by atoms with Crippen LogP contribution in [-0.2, 0) is 10.9 Å². The number of likely N-dealkylation sites (tertiary alicyclic amines) is 1. The first-order chi connectivity index (χ1) is 14.5. The maximum absolute atomic E-state index is 12.8. The third-order valence-electron chi connectivity index (χ3n) is 5.18. The van der Waals surface area contributed by atoms with Crippen LogP contribution in [0.15, 0.2) is 24.3 Å². The molecule has 3 rings (SSSR count). The van der Waals surface area contributed by atoms with Gasteiger partial charge in [-0.05, 0) is 58.6 Å². The van der Waals surface area contributed by atoms with Crippen LogP contribution < -0.4 is 5.32 Å². The Hall–Kier alpha value is -2.25. The summed E-state index contributed by atoms with van der Waals surface area (Å²) in [7, 11) is 0. The summed E-state index contributed by atoms with van der Waals surface area (Å²) >= 11 is 0. The van der Waals surface area contributed by atoms with Gasteiger partial charge in [0.05, 0.1) is 11.1 Å². The molecular formula is C23H33F3N2O3. The average molecular weight is 443 g/mol. The van der Waals surface area contributed by atoms with E-state index in [2.05, 4.69) is 5.32 Å². The number of carbonyl (C=O) groups is 2. The van der Waals surface area contributed by atoms with Crippen LogP contribution in [0, 0.1) is 0 Å². The Kier molecular flexibility index (Phi) is 8.77. The minimum absolute atomic E-state index is 0.00235. The molecule has 2 amide bonds. The van der Waals surface area contributed by atoms with Crippen LogP contribution in [0.4, 0.5) is 18.0 Å². The molecule has 2 aliphatic rings. The molecule has 2 fully saturated rings. The molecule has 0 aromatic heterocycles. The molecule has 1 saturated carbocycles. The Morgan fingerprint density at radius 2 is 1.55 bits per heavy atom. The van der Waals surface area contributed by atoms with Crippen molar-refractivity contribution in [1.29, 1.82) is 0 Å². The van der Waals surface area contributed by atoms with Gasteiger partial charge in [-0.25, -0.2) is 4.79 Å². The quantitative estimate of drug-likeness (QED) is 0.631. The Labute approximate surface area is 182 Å². The monoisotopic (exact) mass is 442 g/mol. The molecule has 8 heteroatoms. The summed E-state index contributed by atoms with van der Waals surface area (Å²) in [6, 6.07) is 4.91. The highest BCUT2D eigenvalue weighted by Crippen LogP contribution is 2.32. The van der Waals surface area contributed by atoms with Gasteiger partial charge < -0.3 is 15.0 Å². The van der Waals surface area contributed by atoms with Crippen LogP contribution in [0.2, 0.25) is 0 Å². The SMILES string of the molecule is CC(C)(C)OC(=O)N1CCCC1.O=C(NC1CCCCC1)c1ccccc1C(F)(F)F. The molecule has 0 unspecified atom stereocenters. The third kappa shape index (κ3) is 8.42. The normalized spacial score (nSPS) is 17.5. The first-order valence-corrected chi connectivity index (χ1v) is 10.9. The number of nitrogens with one attached hydrogen (secondary N) is 1. The Morgan fingerprint density at radius 3 is 2.10 bits per heavy atom. The highest BCUT2D eigenvalue weighted by Gasteiger charge is 2.35. The summed E-state index contributed by atoms with van der Waals surface area (Å²) in [5, 5.41) is 2.71. The zero-order valence-corrected chi connectivity index (χ0v) is 18.6.